The van der Waals surface area contributed by atoms with Crippen LogP contribution in [-0.2, 0) is 17.6 Å². The molecule has 0 aromatic carbocycles. The summed E-state index contributed by atoms with van der Waals surface area (Å²) in [6.07, 6.45) is 9.49. The van der Waals surface area contributed by atoms with Crippen molar-refractivity contribution in [2.45, 2.75) is 64.2 Å². The van der Waals surface area contributed by atoms with Crippen molar-refractivity contribution < 1.29 is 4.74 Å². The van der Waals surface area contributed by atoms with Gasteiger partial charge in [-0.1, -0.05) is 13.3 Å². The van der Waals surface area contributed by atoms with E-state index in [-0.39, 0.29) is 0 Å². The van der Waals surface area contributed by atoms with Crippen LogP contribution in [0.2, 0.25) is 0 Å². The Labute approximate surface area is 127 Å². The van der Waals surface area contributed by atoms with E-state index in [4.69, 9.17) is 14.7 Å². The fraction of sp³-hybridized carbons (Fsp3) is 0.765. The maximum atomic E-state index is 5.63. The van der Waals surface area contributed by atoms with E-state index in [0.717, 1.165) is 63.5 Å². The first-order valence-corrected chi connectivity index (χ1v) is 8.59. The molecule has 1 aromatic heterocycles. The molecule has 4 heteroatoms. The molecule has 4 nitrogen and oxygen atoms in total. The van der Waals surface area contributed by atoms with E-state index in [2.05, 4.69) is 12.2 Å². The van der Waals surface area contributed by atoms with Gasteiger partial charge in [0.15, 0.2) is 0 Å². The Kier molecular flexibility index (Phi) is 5.07. The van der Waals surface area contributed by atoms with Crippen molar-refractivity contribution in [1.82, 2.24) is 9.97 Å². The third-order valence-corrected chi connectivity index (χ3v) is 4.52. The Morgan fingerprint density at radius 3 is 2.86 bits per heavy atom. The average Bonchev–Trinajstić information content (AvgIpc) is 2.78. The second kappa shape index (κ2) is 7.21. The van der Waals surface area contributed by atoms with Crippen molar-refractivity contribution in [3.05, 3.63) is 17.1 Å². The molecular weight excluding hydrogens is 262 g/mol. The van der Waals surface area contributed by atoms with Crippen LogP contribution >= 0.6 is 0 Å². The second-order valence-electron chi connectivity index (χ2n) is 6.26. The monoisotopic (exact) mass is 289 g/mol. The van der Waals surface area contributed by atoms with Crippen molar-refractivity contribution in [1.29, 1.82) is 0 Å². The predicted molar refractivity (Wildman–Crippen MR) is 84.9 cm³/mol. The summed E-state index contributed by atoms with van der Waals surface area (Å²) in [6, 6.07) is 0. The molecule has 0 spiro atoms. The van der Waals surface area contributed by atoms with E-state index in [0.29, 0.717) is 5.92 Å². The summed E-state index contributed by atoms with van der Waals surface area (Å²) in [5.74, 6) is 2.49. The summed E-state index contributed by atoms with van der Waals surface area (Å²) in [6.45, 7) is 4.86. The van der Waals surface area contributed by atoms with Crippen LogP contribution < -0.4 is 5.32 Å². The van der Waals surface area contributed by atoms with Gasteiger partial charge in [-0.2, -0.15) is 0 Å². The number of aryl methyl sites for hydroxylation is 1. The van der Waals surface area contributed by atoms with E-state index < -0.39 is 0 Å². The lowest BCUT2D eigenvalue weighted by Crippen LogP contribution is -2.20. The third-order valence-electron chi connectivity index (χ3n) is 4.52. The Bertz CT molecular complexity index is 469. The van der Waals surface area contributed by atoms with Gasteiger partial charge in [0, 0.05) is 30.3 Å². The average molecular weight is 289 g/mol. The Balaban J connectivity index is 1.91. The van der Waals surface area contributed by atoms with Crippen LogP contribution in [0.15, 0.2) is 0 Å². The highest BCUT2D eigenvalue weighted by atomic mass is 16.5. The van der Waals surface area contributed by atoms with Crippen LogP contribution in [-0.4, -0.2) is 29.7 Å². The fourth-order valence-corrected chi connectivity index (χ4v) is 3.31. The molecule has 0 bridgehead atoms. The number of ether oxygens (including phenoxy) is 1. The molecule has 1 aliphatic carbocycles. The van der Waals surface area contributed by atoms with Gasteiger partial charge in [0.05, 0.1) is 6.61 Å². The molecule has 21 heavy (non-hydrogen) atoms. The summed E-state index contributed by atoms with van der Waals surface area (Å²) < 4.78 is 5.63. The van der Waals surface area contributed by atoms with Crippen LogP contribution in [0.3, 0.4) is 0 Å². The lowest BCUT2D eigenvalue weighted by atomic mass is 10.0. The zero-order chi connectivity index (χ0) is 14.5. The van der Waals surface area contributed by atoms with Crippen molar-refractivity contribution in [2.75, 3.05) is 25.1 Å². The van der Waals surface area contributed by atoms with Crippen molar-refractivity contribution in [3.8, 4) is 0 Å². The first-order valence-electron chi connectivity index (χ1n) is 8.59. The number of anilines is 1. The highest BCUT2D eigenvalue weighted by molar-refractivity contribution is 5.47. The molecule has 0 amide bonds. The van der Waals surface area contributed by atoms with Gasteiger partial charge in [-0.05, 0) is 44.9 Å². The van der Waals surface area contributed by atoms with Gasteiger partial charge >= 0.3 is 0 Å². The molecule has 2 heterocycles. The fourth-order valence-electron chi connectivity index (χ4n) is 3.31. The molecule has 116 valence electrons. The number of fused-ring (bicyclic) bond motifs is 1. The zero-order valence-electron chi connectivity index (χ0n) is 13.2. The number of nitrogens with zero attached hydrogens (tertiary/aromatic N) is 2. The lowest BCUT2D eigenvalue weighted by Gasteiger charge is -2.23. The summed E-state index contributed by atoms with van der Waals surface area (Å²) in [5.41, 5.74) is 2.67. The van der Waals surface area contributed by atoms with Gasteiger partial charge in [-0.3, -0.25) is 0 Å². The Hall–Kier alpha value is -1.16. The van der Waals surface area contributed by atoms with Crippen LogP contribution in [0.4, 0.5) is 5.82 Å². The van der Waals surface area contributed by atoms with Crippen molar-refractivity contribution in [3.63, 3.8) is 0 Å². The molecule has 2 aliphatic rings. The first-order chi connectivity index (χ1) is 10.4. The maximum absolute atomic E-state index is 5.63. The second-order valence-corrected chi connectivity index (χ2v) is 6.26. The molecule has 1 N–H and O–H groups in total. The molecule has 3 rings (SSSR count). The van der Waals surface area contributed by atoms with Gasteiger partial charge in [-0.25, -0.2) is 9.97 Å². The third kappa shape index (κ3) is 3.54. The summed E-state index contributed by atoms with van der Waals surface area (Å²) >= 11 is 0. The topological polar surface area (TPSA) is 47.0 Å². The maximum Gasteiger partial charge on any atom is 0.136 e. The van der Waals surface area contributed by atoms with Gasteiger partial charge in [-0.15, -0.1) is 0 Å². The highest BCUT2D eigenvalue weighted by Gasteiger charge is 2.23. The van der Waals surface area contributed by atoms with E-state index >= 15 is 0 Å². The predicted octanol–water partition coefficient (Wildman–Crippen LogP) is 3.46. The molecule has 0 radical (unpaired) electrons. The van der Waals surface area contributed by atoms with Crippen LogP contribution in [0.25, 0.3) is 0 Å². The van der Waals surface area contributed by atoms with Crippen molar-refractivity contribution >= 4 is 5.82 Å². The first kappa shape index (κ1) is 14.8. The number of hydrogen-bond donors (Lipinski definition) is 1. The smallest absolute Gasteiger partial charge is 0.136 e. The summed E-state index contributed by atoms with van der Waals surface area (Å²) in [5, 5.41) is 3.54. The van der Waals surface area contributed by atoms with Crippen LogP contribution in [0, 0.1) is 0 Å². The lowest BCUT2D eigenvalue weighted by molar-refractivity contribution is 0.0780. The minimum atomic E-state index is 0.384. The number of aromatic nitrogens is 2. The molecular formula is C17H27N3O. The summed E-state index contributed by atoms with van der Waals surface area (Å²) in [4.78, 5) is 9.82. The summed E-state index contributed by atoms with van der Waals surface area (Å²) in [7, 11) is 0. The standard InChI is InChI=1S/C17H27N3O/c1-2-10-18-17-14-8-4-3-5-9-15(14)19-16(20-17)13-7-6-11-21-12-13/h13H,2-12H2,1H3,(H,18,19,20). The molecule has 0 saturated carbocycles. The number of nitrogens with one attached hydrogen (secondary N) is 1. The van der Waals surface area contributed by atoms with Crippen LogP contribution in [0.1, 0.15) is 68.4 Å². The van der Waals surface area contributed by atoms with Gasteiger partial charge in [0.1, 0.15) is 11.6 Å². The molecule has 1 saturated heterocycles. The molecule has 1 aliphatic heterocycles. The van der Waals surface area contributed by atoms with E-state index in [1.807, 2.05) is 0 Å². The van der Waals surface area contributed by atoms with E-state index in [9.17, 15) is 0 Å². The minimum Gasteiger partial charge on any atom is -0.381 e. The van der Waals surface area contributed by atoms with Gasteiger partial charge in [0.25, 0.3) is 0 Å². The largest absolute Gasteiger partial charge is 0.381 e. The SMILES string of the molecule is CCCNc1nc(C2CCCOC2)nc2c1CCCCC2. The van der Waals surface area contributed by atoms with Gasteiger partial charge in [0.2, 0.25) is 0 Å². The zero-order valence-corrected chi connectivity index (χ0v) is 13.2. The Morgan fingerprint density at radius 2 is 2.05 bits per heavy atom. The molecule has 1 atom stereocenters. The highest BCUT2D eigenvalue weighted by Crippen LogP contribution is 2.29. The van der Waals surface area contributed by atoms with E-state index in [1.165, 1.54) is 30.5 Å². The van der Waals surface area contributed by atoms with E-state index in [1.54, 1.807) is 0 Å². The quantitative estimate of drug-likeness (QED) is 0.862. The minimum absolute atomic E-state index is 0.384. The van der Waals surface area contributed by atoms with Crippen LogP contribution in [0.5, 0.6) is 0 Å². The van der Waals surface area contributed by atoms with Crippen molar-refractivity contribution in [2.24, 2.45) is 0 Å². The molecule has 1 fully saturated rings. The molecule has 1 aromatic rings. The Morgan fingerprint density at radius 1 is 1.14 bits per heavy atom. The normalized spacial score (nSPS) is 22.4. The molecule has 1 unspecified atom stereocenters. The number of rotatable bonds is 4. The van der Waals surface area contributed by atoms with Gasteiger partial charge < -0.3 is 10.1 Å². The number of hydrogen-bond acceptors (Lipinski definition) is 4.